The SMILES string of the molecule is O=C(Nc1ccc(Nc2ccnc3[nH]c(=O)c4cc(F)ccc4c23)cc1)c1ccc(F)cc1C(F)(F)F. The van der Waals surface area contributed by atoms with Crippen LogP contribution in [0.2, 0.25) is 0 Å². The fraction of sp³-hybridized carbons (Fsp3) is 0.0385. The summed E-state index contributed by atoms with van der Waals surface area (Å²) in [5, 5.41) is 6.72. The molecule has 6 nitrogen and oxygen atoms in total. The number of rotatable bonds is 4. The number of hydrogen-bond acceptors (Lipinski definition) is 4. The number of nitrogens with zero attached hydrogens (tertiary/aromatic N) is 1. The molecule has 2 aromatic heterocycles. The number of anilines is 3. The lowest BCUT2D eigenvalue weighted by molar-refractivity contribution is -0.138. The summed E-state index contributed by atoms with van der Waals surface area (Å²) in [5.41, 5.74) is -0.979. The first kappa shape index (κ1) is 23.9. The first-order valence-corrected chi connectivity index (χ1v) is 10.8. The van der Waals surface area contributed by atoms with Gasteiger partial charge in [0, 0.05) is 28.3 Å². The molecule has 11 heteroatoms. The molecule has 5 rings (SSSR count). The van der Waals surface area contributed by atoms with Crippen molar-refractivity contribution in [2.24, 2.45) is 0 Å². The van der Waals surface area contributed by atoms with Crippen LogP contribution in [0.1, 0.15) is 15.9 Å². The minimum atomic E-state index is -4.91. The minimum absolute atomic E-state index is 0.153. The number of aromatic amines is 1. The van der Waals surface area contributed by atoms with Crippen molar-refractivity contribution < 1.29 is 26.7 Å². The van der Waals surface area contributed by atoms with Crippen molar-refractivity contribution in [1.29, 1.82) is 0 Å². The van der Waals surface area contributed by atoms with Crippen molar-refractivity contribution in [3.8, 4) is 0 Å². The molecule has 1 amide bonds. The molecule has 0 aliphatic carbocycles. The summed E-state index contributed by atoms with van der Waals surface area (Å²) < 4.78 is 66.8. The van der Waals surface area contributed by atoms with Gasteiger partial charge in [0.25, 0.3) is 11.5 Å². The van der Waals surface area contributed by atoms with Gasteiger partial charge in [-0.2, -0.15) is 13.2 Å². The van der Waals surface area contributed by atoms with Crippen LogP contribution in [-0.2, 0) is 6.18 Å². The monoisotopic (exact) mass is 510 g/mol. The van der Waals surface area contributed by atoms with Crippen molar-refractivity contribution >= 4 is 44.8 Å². The fourth-order valence-corrected chi connectivity index (χ4v) is 3.97. The molecule has 2 heterocycles. The van der Waals surface area contributed by atoms with E-state index >= 15 is 0 Å². The molecule has 186 valence electrons. The Bertz CT molecular complexity index is 1730. The number of H-pyrrole nitrogens is 1. The summed E-state index contributed by atoms with van der Waals surface area (Å²) in [7, 11) is 0. The van der Waals surface area contributed by atoms with Gasteiger partial charge in [-0.1, -0.05) is 6.07 Å². The van der Waals surface area contributed by atoms with E-state index in [2.05, 4.69) is 20.6 Å². The highest BCUT2D eigenvalue weighted by atomic mass is 19.4. The van der Waals surface area contributed by atoms with Gasteiger partial charge in [-0.05, 0) is 60.7 Å². The number of hydrogen-bond donors (Lipinski definition) is 3. The summed E-state index contributed by atoms with van der Waals surface area (Å²) in [6, 6.07) is 13.4. The van der Waals surface area contributed by atoms with Crippen LogP contribution < -0.4 is 16.2 Å². The molecule has 0 fully saturated rings. The molecule has 0 bridgehead atoms. The molecule has 0 saturated heterocycles. The van der Waals surface area contributed by atoms with Crippen LogP contribution in [0.5, 0.6) is 0 Å². The van der Waals surface area contributed by atoms with Crippen molar-refractivity contribution in [2.75, 3.05) is 10.6 Å². The lowest BCUT2D eigenvalue weighted by Crippen LogP contribution is -2.19. The van der Waals surface area contributed by atoms with E-state index < -0.39 is 40.4 Å². The Morgan fingerprint density at radius 2 is 1.51 bits per heavy atom. The topological polar surface area (TPSA) is 86.9 Å². The van der Waals surface area contributed by atoms with E-state index in [0.29, 0.717) is 22.1 Å². The van der Waals surface area contributed by atoms with Gasteiger partial charge in [0.2, 0.25) is 0 Å². The predicted octanol–water partition coefficient (Wildman–Crippen LogP) is 6.37. The van der Waals surface area contributed by atoms with Gasteiger partial charge >= 0.3 is 6.18 Å². The smallest absolute Gasteiger partial charge is 0.355 e. The zero-order chi connectivity index (χ0) is 26.3. The molecule has 0 spiro atoms. The summed E-state index contributed by atoms with van der Waals surface area (Å²) in [6.45, 7) is 0. The number of amides is 1. The Hall–Kier alpha value is -4.80. The molecule has 0 atom stereocenters. The zero-order valence-electron chi connectivity index (χ0n) is 18.6. The largest absolute Gasteiger partial charge is 0.417 e. The van der Waals surface area contributed by atoms with Gasteiger partial charge in [-0.3, -0.25) is 9.59 Å². The number of halogens is 5. The quantitative estimate of drug-likeness (QED) is 0.194. The highest BCUT2D eigenvalue weighted by Gasteiger charge is 2.35. The molecular weight excluding hydrogens is 495 g/mol. The summed E-state index contributed by atoms with van der Waals surface area (Å²) in [4.78, 5) is 31.6. The first-order chi connectivity index (χ1) is 17.6. The highest BCUT2D eigenvalue weighted by molar-refractivity contribution is 6.11. The van der Waals surface area contributed by atoms with E-state index in [0.717, 1.165) is 18.2 Å². The fourth-order valence-electron chi connectivity index (χ4n) is 3.97. The highest BCUT2D eigenvalue weighted by Crippen LogP contribution is 2.33. The van der Waals surface area contributed by atoms with Gasteiger partial charge in [0.15, 0.2) is 0 Å². The van der Waals surface area contributed by atoms with Gasteiger partial charge in [-0.25, -0.2) is 13.8 Å². The average molecular weight is 510 g/mol. The van der Waals surface area contributed by atoms with Gasteiger partial charge in [-0.15, -0.1) is 0 Å². The van der Waals surface area contributed by atoms with Crippen LogP contribution in [0.25, 0.3) is 21.8 Å². The molecule has 37 heavy (non-hydrogen) atoms. The second-order valence-corrected chi connectivity index (χ2v) is 8.07. The van der Waals surface area contributed by atoms with Crippen molar-refractivity contribution in [2.45, 2.75) is 6.18 Å². The second kappa shape index (κ2) is 9.01. The molecule has 3 aromatic carbocycles. The maximum Gasteiger partial charge on any atom is 0.417 e. The summed E-state index contributed by atoms with van der Waals surface area (Å²) >= 11 is 0. The Morgan fingerprint density at radius 3 is 2.24 bits per heavy atom. The van der Waals surface area contributed by atoms with E-state index in [1.165, 1.54) is 30.5 Å². The third-order valence-electron chi connectivity index (χ3n) is 5.63. The lowest BCUT2D eigenvalue weighted by Gasteiger charge is -2.14. The number of aromatic nitrogens is 2. The average Bonchev–Trinajstić information content (AvgIpc) is 2.85. The van der Waals surface area contributed by atoms with Gasteiger partial charge < -0.3 is 15.6 Å². The van der Waals surface area contributed by atoms with E-state index in [9.17, 15) is 31.5 Å². The number of carbonyl (C=O) groups is 1. The molecular formula is C26H15F5N4O2. The Balaban J connectivity index is 1.43. The molecule has 0 radical (unpaired) electrons. The second-order valence-electron chi connectivity index (χ2n) is 8.07. The maximum atomic E-state index is 13.7. The van der Waals surface area contributed by atoms with E-state index in [-0.39, 0.29) is 22.8 Å². The van der Waals surface area contributed by atoms with E-state index in [1.54, 1.807) is 18.2 Å². The van der Waals surface area contributed by atoms with Crippen LogP contribution in [0.3, 0.4) is 0 Å². The van der Waals surface area contributed by atoms with Crippen molar-refractivity contribution in [3.63, 3.8) is 0 Å². The maximum absolute atomic E-state index is 13.7. The summed E-state index contributed by atoms with van der Waals surface area (Å²) in [5.74, 6) is -2.71. The van der Waals surface area contributed by atoms with Crippen LogP contribution in [-0.4, -0.2) is 15.9 Å². The Labute approximate surface area is 204 Å². The molecule has 0 aliphatic rings. The number of nitrogens with one attached hydrogen (secondary N) is 3. The molecule has 5 aromatic rings. The van der Waals surface area contributed by atoms with Gasteiger partial charge in [0.05, 0.1) is 22.2 Å². The number of alkyl halides is 3. The van der Waals surface area contributed by atoms with Crippen LogP contribution >= 0.6 is 0 Å². The minimum Gasteiger partial charge on any atom is -0.355 e. The first-order valence-electron chi connectivity index (χ1n) is 10.8. The number of pyridine rings is 2. The predicted molar refractivity (Wildman–Crippen MR) is 129 cm³/mol. The van der Waals surface area contributed by atoms with Crippen molar-refractivity contribution in [1.82, 2.24) is 9.97 Å². The number of carbonyl (C=O) groups excluding carboxylic acids is 1. The number of fused-ring (bicyclic) bond motifs is 3. The summed E-state index contributed by atoms with van der Waals surface area (Å²) in [6.07, 6.45) is -3.43. The Morgan fingerprint density at radius 1 is 0.838 bits per heavy atom. The Kier molecular flexibility index (Phi) is 5.82. The van der Waals surface area contributed by atoms with Crippen LogP contribution in [0.4, 0.5) is 39.0 Å². The molecule has 0 aliphatic heterocycles. The molecule has 3 N–H and O–H groups in total. The lowest BCUT2D eigenvalue weighted by atomic mass is 10.1. The molecule has 0 unspecified atom stereocenters. The zero-order valence-corrected chi connectivity index (χ0v) is 18.6. The molecule has 0 saturated carbocycles. The van der Waals surface area contributed by atoms with Gasteiger partial charge in [0.1, 0.15) is 17.3 Å². The van der Waals surface area contributed by atoms with Crippen molar-refractivity contribution in [3.05, 3.63) is 106 Å². The third-order valence-corrected chi connectivity index (χ3v) is 5.63. The van der Waals surface area contributed by atoms with Crippen LogP contribution in [0, 0.1) is 11.6 Å². The standard InChI is InChI=1S/C26H15F5N4O2/c27-13-1-7-17-19(11-13)25(37)35-23-22(17)21(9-10-32-23)33-15-3-5-16(6-4-15)34-24(36)18-8-2-14(28)12-20(18)26(29,30)31/h1-12H,(H,34,36)(H2,32,33,35,37). The number of benzene rings is 3. The van der Waals surface area contributed by atoms with E-state index in [4.69, 9.17) is 0 Å². The third kappa shape index (κ3) is 4.70. The normalized spacial score (nSPS) is 11.6. The van der Waals surface area contributed by atoms with E-state index in [1.807, 2.05) is 0 Å². The van der Waals surface area contributed by atoms with Crippen LogP contribution in [0.15, 0.2) is 77.7 Å².